The van der Waals surface area contributed by atoms with Gasteiger partial charge in [0.25, 0.3) is 11.6 Å². The molecule has 1 N–H and O–H groups in total. The Bertz CT molecular complexity index is 1210. The Labute approximate surface area is 195 Å². The average Bonchev–Trinajstić information content (AvgIpc) is 3.18. The van der Waals surface area contributed by atoms with Crippen molar-refractivity contribution >= 4 is 22.8 Å². The minimum absolute atomic E-state index is 0.117. The van der Waals surface area contributed by atoms with Gasteiger partial charge in [0.05, 0.1) is 19.8 Å². The molecule has 33 heavy (non-hydrogen) atoms. The van der Waals surface area contributed by atoms with Crippen molar-refractivity contribution in [3.05, 3.63) is 55.7 Å². The SMILES string of the molecule is Cn1c(=O)n(CCCO)c(=O)c2c1nc(OCCN1CCOCC1)n2Cc1ccc(Cl)cc1. The summed E-state index contributed by atoms with van der Waals surface area (Å²) in [5.74, 6) is 0. The van der Waals surface area contributed by atoms with E-state index in [1.165, 1.54) is 4.57 Å². The number of aromatic nitrogens is 4. The number of hydrogen-bond donors (Lipinski definition) is 1. The minimum Gasteiger partial charge on any atom is -0.463 e. The second kappa shape index (κ2) is 10.5. The molecule has 0 bridgehead atoms. The molecule has 0 aliphatic carbocycles. The largest absolute Gasteiger partial charge is 0.463 e. The molecule has 0 saturated carbocycles. The van der Waals surface area contributed by atoms with Crippen LogP contribution >= 0.6 is 11.6 Å². The summed E-state index contributed by atoms with van der Waals surface area (Å²) in [5, 5.41) is 9.80. The summed E-state index contributed by atoms with van der Waals surface area (Å²) in [6.07, 6.45) is 0.300. The number of morpholine rings is 1. The lowest BCUT2D eigenvalue weighted by atomic mass is 10.2. The van der Waals surface area contributed by atoms with E-state index in [1.807, 2.05) is 12.1 Å². The highest BCUT2D eigenvalue weighted by molar-refractivity contribution is 6.30. The topological polar surface area (TPSA) is 104 Å². The zero-order chi connectivity index (χ0) is 23.4. The lowest BCUT2D eigenvalue weighted by Gasteiger charge is -2.26. The summed E-state index contributed by atoms with van der Waals surface area (Å²) < 4.78 is 15.6. The quantitative estimate of drug-likeness (QED) is 0.483. The van der Waals surface area contributed by atoms with Crippen molar-refractivity contribution in [3.8, 4) is 6.01 Å². The van der Waals surface area contributed by atoms with E-state index in [4.69, 9.17) is 21.1 Å². The molecule has 4 rings (SSSR count). The Morgan fingerprint density at radius 2 is 1.85 bits per heavy atom. The molecule has 10 nitrogen and oxygen atoms in total. The maximum atomic E-state index is 13.3. The molecule has 1 saturated heterocycles. The van der Waals surface area contributed by atoms with Crippen molar-refractivity contribution in [1.82, 2.24) is 23.6 Å². The summed E-state index contributed by atoms with van der Waals surface area (Å²) in [5.41, 5.74) is 0.529. The number of aryl methyl sites for hydroxylation is 1. The summed E-state index contributed by atoms with van der Waals surface area (Å²) in [6, 6.07) is 7.59. The number of aliphatic hydroxyl groups is 1. The van der Waals surface area contributed by atoms with Crippen LogP contribution in [0.25, 0.3) is 11.2 Å². The highest BCUT2D eigenvalue weighted by atomic mass is 35.5. The van der Waals surface area contributed by atoms with Crippen molar-refractivity contribution in [1.29, 1.82) is 0 Å². The Hall–Kier alpha value is -2.66. The molecule has 1 aliphatic heterocycles. The van der Waals surface area contributed by atoms with Crippen LogP contribution < -0.4 is 16.0 Å². The first-order valence-electron chi connectivity index (χ1n) is 11.0. The molecule has 178 valence electrons. The van der Waals surface area contributed by atoms with E-state index < -0.39 is 11.2 Å². The van der Waals surface area contributed by atoms with E-state index in [2.05, 4.69) is 9.88 Å². The Morgan fingerprint density at radius 3 is 2.55 bits per heavy atom. The van der Waals surface area contributed by atoms with Crippen LogP contribution in [0, 0.1) is 0 Å². The monoisotopic (exact) mass is 477 g/mol. The van der Waals surface area contributed by atoms with Gasteiger partial charge in [-0.15, -0.1) is 0 Å². The normalized spacial score (nSPS) is 14.8. The third-order valence-electron chi connectivity index (χ3n) is 5.73. The molecule has 2 aromatic heterocycles. The van der Waals surface area contributed by atoms with Gasteiger partial charge >= 0.3 is 5.69 Å². The first kappa shape index (κ1) is 23.5. The number of halogens is 1. The van der Waals surface area contributed by atoms with Crippen LogP contribution in [-0.4, -0.2) is 74.8 Å². The van der Waals surface area contributed by atoms with Gasteiger partial charge in [-0.25, -0.2) is 4.79 Å². The van der Waals surface area contributed by atoms with Crippen LogP contribution in [0.1, 0.15) is 12.0 Å². The molecular formula is C22H28ClN5O5. The smallest absolute Gasteiger partial charge is 0.332 e. The fourth-order valence-corrected chi connectivity index (χ4v) is 4.02. The van der Waals surface area contributed by atoms with Crippen LogP contribution in [-0.2, 0) is 24.9 Å². The first-order valence-corrected chi connectivity index (χ1v) is 11.4. The molecular weight excluding hydrogens is 450 g/mol. The second-order valence-corrected chi connectivity index (χ2v) is 8.39. The molecule has 1 aromatic carbocycles. The predicted octanol–water partition coefficient (Wildman–Crippen LogP) is 0.692. The fourth-order valence-electron chi connectivity index (χ4n) is 3.90. The summed E-state index contributed by atoms with van der Waals surface area (Å²) in [6.45, 7) is 4.50. The minimum atomic E-state index is -0.475. The average molecular weight is 478 g/mol. The van der Waals surface area contributed by atoms with Gasteiger partial charge in [0.2, 0.25) is 0 Å². The summed E-state index contributed by atoms with van der Waals surface area (Å²) in [7, 11) is 1.58. The van der Waals surface area contributed by atoms with E-state index in [-0.39, 0.29) is 30.3 Å². The van der Waals surface area contributed by atoms with Crippen molar-refractivity contribution < 1.29 is 14.6 Å². The van der Waals surface area contributed by atoms with Gasteiger partial charge in [-0.1, -0.05) is 23.7 Å². The molecule has 3 aromatic rings. The molecule has 0 radical (unpaired) electrons. The van der Waals surface area contributed by atoms with Gasteiger partial charge in [-0.3, -0.25) is 23.4 Å². The lowest BCUT2D eigenvalue weighted by Crippen LogP contribution is -2.40. The zero-order valence-electron chi connectivity index (χ0n) is 18.6. The Morgan fingerprint density at radius 1 is 1.12 bits per heavy atom. The number of rotatable bonds is 9. The third kappa shape index (κ3) is 5.14. The van der Waals surface area contributed by atoms with E-state index in [1.54, 1.807) is 23.7 Å². The summed E-state index contributed by atoms with van der Waals surface area (Å²) >= 11 is 6.03. The number of fused-ring (bicyclic) bond motifs is 1. The molecule has 0 atom stereocenters. The van der Waals surface area contributed by atoms with Gasteiger partial charge < -0.3 is 14.6 Å². The molecule has 0 unspecified atom stereocenters. The van der Waals surface area contributed by atoms with Crippen LogP contribution in [0.5, 0.6) is 6.01 Å². The van der Waals surface area contributed by atoms with E-state index in [9.17, 15) is 14.7 Å². The summed E-state index contributed by atoms with van der Waals surface area (Å²) in [4.78, 5) is 32.8. The standard InChI is InChI=1S/C22H28ClN5O5/c1-25-19-18(20(30)27(22(25)31)7-2-11-29)28(15-16-3-5-17(23)6-4-16)21(24-19)33-14-10-26-8-12-32-13-9-26/h3-6,29H,2,7-15H2,1H3. The van der Waals surface area contributed by atoms with E-state index >= 15 is 0 Å². The number of hydrogen-bond acceptors (Lipinski definition) is 7. The number of nitrogens with zero attached hydrogens (tertiary/aromatic N) is 5. The number of aliphatic hydroxyl groups excluding tert-OH is 1. The maximum Gasteiger partial charge on any atom is 0.332 e. The van der Waals surface area contributed by atoms with Gasteiger partial charge in [-0.2, -0.15) is 4.98 Å². The van der Waals surface area contributed by atoms with Gasteiger partial charge in [-0.05, 0) is 24.1 Å². The van der Waals surface area contributed by atoms with Crippen LogP contribution in [0.2, 0.25) is 5.02 Å². The van der Waals surface area contributed by atoms with Gasteiger partial charge in [0.1, 0.15) is 6.61 Å². The molecule has 0 amide bonds. The van der Waals surface area contributed by atoms with Crippen LogP contribution in [0.15, 0.2) is 33.9 Å². The zero-order valence-corrected chi connectivity index (χ0v) is 19.3. The molecule has 0 spiro atoms. The van der Waals surface area contributed by atoms with E-state index in [0.717, 1.165) is 23.2 Å². The van der Waals surface area contributed by atoms with Crippen molar-refractivity contribution in [2.24, 2.45) is 7.05 Å². The number of ether oxygens (including phenoxy) is 2. The van der Waals surface area contributed by atoms with Crippen molar-refractivity contribution in [2.45, 2.75) is 19.5 Å². The maximum absolute atomic E-state index is 13.3. The third-order valence-corrected chi connectivity index (χ3v) is 5.99. The highest BCUT2D eigenvalue weighted by Crippen LogP contribution is 2.21. The predicted molar refractivity (Wildman–Crippen MR) is 124 cm³/mol. The lowest BCUT2D eigenvalue weighted by molar-refractivity contribution is 0.0315. The molecule has 3 heterocycles. The first-order chi connectivity index (χ1) is 16.0. The number of benzene rings is 1. The molecule has 1 aliphatic rings. The Balaban J connectivity index is 1.73. The van der Waals surface area contributed by atoms with Crippen molar-refractivity contribution in [3.63, 3.8) is 0 Å². The van der Waals surface area contributed by atoms with Gasteiger partial charge in [0.15, 0.2) is 11.2 Å². The van der Waals surface area contributed by atoms with Crippen LogP contribution in [0.3, 0.4) is 0 Å². The van der Waals surface area contributed by atoms with Crippen LogP contribution in [0.4, 0.5) is 0 Å². The highest BCUT2D eigenvalue weighted by Gasteiger charge is 2.22. The molecule has 1 fully saturated rings. The van der Waals surface area contributed by atoms with E-state index in [0.29, 0.717) is 44.4 Å². The van der Waals surface area contributed by atoms with Gasteiger partial charge in [0, 0.05) is 44.9 Å². The second-order valence-electron chi connectivity index (χ2n) is 7.96. The molecule has 11 heteroatoms. The Kier molecular flexibility index (Phi) is 7.49. The fraction of sp³-hybridized carbons (Fsp3) is 0.500. The van der Waals surface area contributed by atoms with Crippen molar-refractivity contribution in [2.75, 3.05) is 46.1 Å². The number of imidazole rings is 1.